The number of hydrogen-bond donors (Lipinski definition) is 1. The second-order valence-corrected chi connectivity index (χ2v) is 7.63. The largest absolute Gasteiger partial charge is 0.385 e. The van der Waals surface area contributed by atoms with Gasteiger partial charge in [0.1, 0.15) is 5.70 Å². The number of benzene rings is 1. The fourth-order valence-corrected chi connectivity index (χ4v) is 4.17. The molecule has 0 saturated carbocycles. The van der Waals surface area contributed by atoms with Crippen LogP contribution in [0.2, 0.25) is 0 Å². The number of nitrogens with one attached hydrogen (secondary N) is 1. The molecule has 0 fully saturated rings. The molecular weight excluding hydrogens is 386 g/mol. The van der Waals surface area contributed by atoms with Crippen molar-refractivity contribution in [2.75, 3.05) is 43.6 Å². The zero-order chi connectivity index (χ0) is 20.8. The summed E-state index contributed by atoms with van der Waals surface area (Å²) in [6.45, 7) is 6.94. The second kappa shape index (κ2) is 9.71. The van der Waals surface area contributed by atoms with E-state index in [4.69, 9.17) is 4.74 Å². The average Bonchev–Trinajstić information content (AvgIpc) is 3.33. The first-order valence-corrected chi connectivity index (χ1v) is 10.7. The number of carbonyl (C=O) groups is 2. The van der Waals surface area contributed by atoms with Gasteiger partial charge in [0.05, 0.1) is 5.57 Å². The van der Waals surface area contributed by atoms with E-state index in [0.717, 1.165) is 29.3 Å². The Kier molecular flexibility index (Phi) is 7.06. The summed E-state index contributed by atoms with van der Waals surface area (Å²) in [6.07, 6.45) is 0.609. The summed E-state index contributed by atoms with van der Waals surface area (Å²) in [5.41, 5.74) is 2.69. The number of imide groups is 1. The molecule has 1 aliphatic rings. The number of nitrogens with zero attached hydrogens (tertiary/aromatic N) is 2. The molecule has 1 N–H and O–H groups in total. The molecule has 3 rings (SSSR count). The van der Waals surface area contributed by atoms with Gasteiger partial charge in [0.2, 0.25) is 0 Å². The number of hydrogen-bond acceptors (Lipinski definition) is 6. The Hall–Kier alpha value is -2.64. The molecule has 6 nitrogen and oxygen atoms in total. The van der Waals surface area contributed by atoms with Crippen LogP contribution in [0.3, 0.4) is 0 Å². The molecule has 2 heterocycles. The van der Waals surface area contributed by atoms with Gasteiger partial charge in [-0.15, -0.1) is 11.3 Å². The molecule has 1 aromatic heterocycles. The van der Waals surface area contributed by atoms with Gasteiger partial charge >= 0.3 is 0 Å². The Bertz CT molecular complexity index is 871. The first-order chi connectivity index (χ1) is 14.1. The molecule has 1 aromatic carbocycles. The molecule has 154 valence electrons. The molecule has 29 heavy (non-hydrogen) atoms. The van der Waals surface area contributed by atoms with Crippen LogP contribution < -0.4 is 10.2 Å². The number of methoxy groups -OCH3 is 1. The van der Waals surface area contributed by atoms with E-state index >= 15 is 0 Å². The van der Waals surface area contributed by atoms with Crippen molar-refractivity contribution < 1.29 is 14.3 Å². The van der Waals surface area contributed by atoms with Crippen LogP contribution in [0.1, 0.15) is 25.1 Å². The summed E-state index contributed by atoms with van der Waals surface area (Å²) in [6, 6.07) is 11.7. The summed E-state index contributed by atoms with van der Waals surface area (Å²) in [4.78, 5) is 30.4. The number of ether oxygens (including phenoxy) is 1. The van der Waals surface area contributed by atoms with Crippen molar-refractivity contribution in [1.29, 1.82) is 0 Å². The van der Waals surface area contributed by atoms with E-state index in [1.54, 1.807) is 7.11 Å². The van der Waals surface area contributed by atoms with E-state index in [1.807, 2.05) is 41.8 Å². The van der Waals surface area contributed by atoms with Gasteiger partial charge in [-0.1, -0.05) is 6.07 Å². The minimum absolute atomic E-state index is 0.254. The lowest BCUT2D eigenvalue weighted by Gasteiger charge is -2.21. The third-order valence-corrected chi connectivity index (χ3v) is 5.82. The number of anilines is 2. The van der Waals surface area contributed by atoms with Crippen LogP contribution in [0.15, 0.2) is 47.5 Å². The highest BCUT2D eigenvalue weighted by molar-refractivity contribution is 7.11. The van der Waals surface area contributed by atoms with Crippen LogP contribution in [0.4, 0.5) is 11.4 Å². The van der Waals surface area contributed by atoms with Gasteiger partial charge in [0, 0.05) is 49.6 Å². The Labute approximate surface area is 175 Å². The van der Waals surface area contributed by atoms with Gasteiger partial charge in [0.25, 0.3) is 11.8 Å². The summed E-state index contributed by atoms with van der Waals surface area (Å²) in [7, 11) is 1.61. The molecule has 0 unspecified atom stereocenters. The highest BCUT2D eigenvalue weighted by atomic mass is 32.1. The van der Waals surface area contributed by atoms with E-state index in [9.17, 15) is 9.59 Å². The molecular formula is C22H27N3O3S. The Morgan fingerprint density at radius 1 is 1.07 bits per heavy atom. The maximum Gasteiger partial charge on any atom is 0.278 e. The number of amides is 2. The smallest absolute Gasteiger partial charge is 0.278 e. The van der Waals surface area contributed by atoms with Crippen LogP contribution >= 0.6 is 11.3 Å². The van der Waals surface area contributed by atoms with Gasteiger partial charge in [-0.2, -0.15) is 0 Å². The zero-order valence-electron chi connectivity index (χ0n) is 17.1. The lowest BCUT2D eigenvalue weighted by molar-refractivity contribution is -0.136. The monoisotopic (exact) mass is 413 g/mol. The maximum absolute atomic E-state index is 13.0. The van der Waals surface area contributed by atoms with Crippen molar-refractivity contribution in [2.24, 2.45) is 0 Å². The predicted molar refractivity (Wildman–Crippen MR) is 118 cm³/mol. The van der Waals surface area contributed by atoms with E-state index in [-0.39, 0.29) is 11.8 Å². The molecule has 7 heteroatoms. The quantitative estimate of drug-likeness (QED) is 0.474. The molecule has 0 atom stereocenters. The second-order valence-electron chi connectivity index (χ2n) is 6.68. The first-order valence-electron chi connectivity index (χ1n) is 9.86. The Morgan fingerprint density at radius 2 is 1.79 bits per heavy atom. The molecule has 0 spiro atoms. The number of thiophene rings is 1. The van der Waals surface area contributed by atoms with Crippen LogP contribution in [0.5, 0.6) is 0 Å². The summed E-state index contributed by atoms with van der Waals surface area (Å²) >= 11 is 1.45. The minimum Gasteiger partial charge on any atom is -0.385 e. The topological polar surface area (TPSA) is 61.9 Å². The van der Waals surface area contributed by atoms with E-state index in [2.05, 4.69) is 24.1 Å². The summed E-state index contributed by atoms with van der Waals surface area (Å²) in [5, 5.41) is 5.11. The van der Waals surface area contributed by atoms with E-state index in [1.165, 1.54) is 16.2 Å². The van der Waals surface area contributed by atoms with Gasteiger partial charge in [-0.05, 0) is 56.0 Å². The molecule has 1 aliphatic heterocycles. The van der Waals surface area contributed by atoms with Crippen molar-refractivity contribution in [2.45, 2.75) is 20.3 Å². The number of rotatable bonds is 10. The van der Waals surface area contributed by atoms with Crippen LogP contribution in [0.25, 0.3) is 5.57 Å². The van der Waals surface area contributed by atoms with Crippen LogP contribution in [-0.4, -0.2) is 50.1 Å². The highest BCUT2D eigenvalue weighted by Gasteiger charge is 2.39. The van der Waals surface area contributed by atoms with Crippen LogP contribution in [0, 0.1) is 0 Å². The van der Waals surface area contributed by atoms with Crippen molar-refractivity contribution in [3.8, 4) is 0 Å². The van der Waals surface area contributed by atoms with Gasteiger partial charge in [0.15, 0.2) is 0 Å². The normalized spacial score (nSPS) is 14.1. The lowest BCUT2D eigenvalue weighted by atomic mass is 10.1. The van der Waals surface area contributed by atoms with Crippen molar-refractivity contribution in [1.82, 2.24) is 4.90 Å². The van der Waals surface area contributed by atoms with Gasteiger partial charge < -0.3 is 15.0 Å². The summed E-state index contributed by atoms with van der Waals surface area (Å²) < 4.78 is 5.06. The lowest BCUT2D eigenvalue weighted by Crippen LogP contribution is -2.33. The van der Waals surface area contributed by atoms with Gasteiger partial charge in [-0.25, -0.2) is 0 Å². The average molecular weight is 414 g/mol. The summed E-state index contributed by atoms with van der Waals surface area (Å²) in [5.74, 6) is -0.543. The van der Waals surface area contributed by atoms with Crippen molar-refractivity contribution in [3.05, 3.63) is 52.4 Å². The SMILES string of the molecule is CCN(CC)c1ccc(NC2=C(c3cccs3)C(=O)N(CCCOC)C2=O)cc1. The molecule has 2 amide bonds. The van der Waals surface area contributed by atoms with Crippen LogP contribution in [-0.2, 0) is 14.3 Å². The molecule has 0 bridgehead atoms. The van der Waals surface area contributed by atoms with Gasteiger partial charge in [-0.3, -0.25) is 14.5 Å². The fourth-order valence-electron chi connectivity index (χ4n) is 3.40. The zero-order valence-corrected chi connectivity index (χ0v) is 17.9. The first kappa shape index (κ1) is 21.1. The maximum atomic E-state index is 13.0. The third-order valence-electron chi connectivity index (χ3n) is 4.93. The molecule has 0 radical (unpaired) electrons. The Balaban J connectivity index is 1.87. The standard InChI is InChI=1S/C22H27N3O3S/c1-4-24(5-2)17-11-9-16(10-12-17)23-20-19(18-8-6-15-29-18)21(26)25(22(20)27)13-7-14-28-3/h6,8-12,15,23H,4-5,7,13-14H2,1-3H3. The van der Waals surface area contributed by atoms with Crippen molar-refractivity contribution >= 4 is 40.1 Å². The Morgan fingerprint density at radius 3 is 2.38 bits per heavy atom. The third kappa shape index (κ3) is 4.52. The predicted octanol–water partition coefficient (Wildman–Crippen LogP) is 3.82. The minimum atomic E-state index is -0.290. The van der Waals surface area contributed by atoms with E-state index < -0.39 is 0 Å². The number of carbonyl (C=O) groups excluding carboxylic acids is 2. The molecule has 2 aromatic rings. The molecule has 0 aliphatic carbocycles. The van der Waals surface area contributed by atoms with E-state index in [0.29, 0.717) is 30.8 Å². The fraction of sp³-hybridized carbons (Fsp3) is 0.364. The highest BCUT2D eigenvalue weighted by Crippen LogP contribution is 2.33. The molecule has 0 saturated heterocycles. The van der Waals surface area contributed by atoms with Crippen molar-refractivity contribution in [3.63, 3.8) is 0 Å².